The summed E-state index contributed by atoms with van der Waals surface area (Å²) < 4.78 is 10.5. The molecule has 0 saturated carbocycles. The number of hydroxylamine groups is 1. The van der Waals surface area contributed by atoms with Gasteiger partial charge in [0.25, 0.3) is 0 Å². The fraction of sp³-hybridized carbons (Fsp3) is 0.286. The SMILES string of the molecule is COc1c(CCC(=O)NO)c(=O)oc2ccc(C)cc12. The average molecular weight is 277 g/mol. The first kappa shape index (κ1) is 14.1. The molecule has 0 fully saturated rings. The van der Waals surface area contributed by atoms with Gasteiger partial charge in [-0.25, -0.2) is 10.3 Å². The lowest BCUT2D eigenvalue weighted by atomic mass is 10.1. The fourth-order valence-electron chi connectivity index (χ4n) is 2.07. The van der Waals surface area contributed by atoms with Crippen LogP contribution in [0.1, 0.15) is 17.5 Å². The Hall–Kier alpha value is -2.34. The third kappa shape index (κ3) is 2.65. The van der Waals surface area contributed by atoms with Crippen molar-refractivity contribution in [1.82, 2.24) is 5.48 Å². The Bertz CT molecular complexity index is 705. The zero-order valence-electron chi connectivity index (χ0n) is 11.2. The maximum atomic E-state index is 12.0. The van der Waals surface area contributed by atoms with Crippen LogP contribution in [0.25, 0.3) is 11.0 Å². The van der Waals surface area contributed by atoms with Crippen LogP contribution < -0.4 is 15.8 Å². The monoisotopic (exact) mass is 277 g/mol. The Kier molecular flexibility index (Phi) is 4.05. The molecule has 1 heterocycles. The molecule has 106 valence electrons. The Morgan fingerprint density at radius 3 is 2.85 bits per heavy atom. The summed E-state index contributed by atoms with van der Waals surface area (Å²) >= 11 is 0. The minimum absolute atomic E-state index is 0.0328. The number of ether oxygens (including phenoxy) is 1. The smallest absolute Gasteiger partial charge is 0.343 e. The number of carbonyl (C=O) groups excluding carboxylic acids is 1. The first-order valence-corrected chi connectivity index (χ1v) is 6.10. The van der Waals surface area contributed by atoms with Crippen molar-refractivity contribution in [3.05, 3.63) is 39.7 Å². The van der Waals surface area contributed by atoms with Gasteiger partial charge in [-0.05, 0) is 25.5 Å². The number of fused-ring (bicyclic) bond motifs is 1. The molecule has 0 aliphatic rings. The lowest BCUT2D eigenvalue weighted by Crippen LogP contribution is -2.20. The molecular formula is C14H15NO5. The van der Waals surface area contributed by atoms with E-state index in [1.807, 2.05) is 19.1 Å². The lowest BCUT2D eigenvalue weighted by molar-refractivity contribution is -0.129. The predicted molar refractivity (Wildman–Crippen MR) is 72.0 cm³/mol. The highest BCUT2D eigenvalue weighted by atomic mass is 16.5. The summed E-state index contributed by atoms with van der Waals surface area (Å²) in [6, 6.07) is 5.40. The molecule has 1 amide bonds. The van der Waals surface area contributed by atoms with E-state index in [1.165, 1.54) is 12.6 Å². The van der Waals surface area contributed by atoms with Gasteiger partial charge < -0.3 is 9.15 Å². The summed E-state index contributed by atoms with van der Waals surface area (Å²) in [7, 11) is 1.46. The van der Waals surface area contributed by atoms with Gasteiger partial charge in [0.15, 0.2) is 0 Å². The molecule has 1 aromatic carbocycles. The van der Waals surface area contributed by atoms with Gasteiger partial charge in [-0.3, -0.25) is 10.0 Å². The summed E-state index contributed by atoms with van der Waals surface area (Å²) in [6.07, 6.45) is 0.0940. The van der Waals surface area contributed by atoms with Gasteiger partial charge in [0.2, 0.25) is 5.91 Å². The molecular weight excluding hydrogens is 262 g/mol. The highest BCUT2D eigenvalue weighted by molar-refractivity contribution is 5.85. The Labute approximate surface area is 114 Å². The molecule has 6 heteroatoms. The number of nitrogens with one attached hydrogen (secondary N) is 1. The standard InChI is InChI=1S/C14H15NO5/c1-8-3-5-11-10(7-8)13(19-2)9(14(17)20-11)4-6-12(16)15-18/h3,5,7,18H,4,6H2,1-2H3,(H,15,16). The second kappa shape index (κ2) is 5.75. The zero-order chi connectivity index (χ0) is 14.7. The first-order valence-electron chi connectivity index (χ1n) is 6.10. The number of hydrogen-bond donors (Lipinski definition) is 2. The second-order valence-electron chi connectivity index (χ2n) is 4.44. The van der Waals surface area contributed by atoms with Crippen molar-refractivity contribution in [3.8, 4) is 5.75 Å². The van der Waals surface area contributed by atoms with Gasteiger partial charge in [-0.1, -0.05) is 11.6 Å². The predicted octanol–water partition coefficient (Wildman–Crippen LogP) is 1.55. The number of hydrogen-bond acceptors (Lipinski definition) is 5. The van der Waals surface area contributed by atoms with Gasteiger partial charge >= 0.3 is 5.63 Å². The van der Waals surface area contributed by atoms with E-state index in [1.54, 1.807) is 6.07 Å². The van der Waals surface area contributed by atoms with Crippen LogP contribution in [0.3, 0.4) is 0 Å². The van der Waals surface area contributed by atoms with Gasteiger partial charge in [0, 0.05) is 6.42 Å². The minimum Gasteiger partial charge on any atom is -0.495 e. The fourth-order valence-corrected chi connectivity index (χ4v) is 2.07. The van der Waals surface area contributed by atoms with Crippen molar-refractivity contribution >= 4 is 16.9 Å². The molecule has 0 bridgehead atoms. The molecule has 2 rings (SSSR count). The molecule has 0 saturated heterocycles. The van der Waals surface area contributed by atoms with Crippen LogP contribution >= 0.6 is 0 Å². The number of amides is 1. The molecule has 0 aliphatic heterocycles. The number of carbonyl (C=O) groups is 1. The highest BCUT2D eigenvalue weighted by Crippen LogP contribution is 2.28. The van der Waals surface area contributed by atoms with Crippen LogP contribution in [-0.2, 0) is 11.2 Å². The van der Waals surface area contributed by atoms with Crippen molar-refractivity contribution in [3.63, 3.8) is 0 Å². The van der Waals surface area contributed by atoms with E-state index in [4.69, 9.17) is 14.4 Å². The largest absolute Gasteiger partial charge is 0.495 e. The molecule has 20 heavy (non-hydrogen) atoms. The van der Waals surface area contributed by atoms with E-state index in [0.29, 0.717) is 16.7 Å². The van der Waals surface area contributed by atoms with Crippen molar-refractivity contribution in [2.24, 2.45) is 0 Å². The molecule has 0 radical (unpaired) electrons. The van der Waals surface area contributed by atoms with E-state index in [-0.39, 0.29) is 18.4 Å². The third-order valence-electron chi connectivity index (χ3n) is 3.03. The highest BCUT2D eigenvalue weighted by Gasteiger charge is 2.16. The van der Waals surface area contributed by atoms with Gasteiger partial charge in [0.05, 0.1) is 18.1 Å². The van der Waals surface area contributed by atoms with Crippen LogP contribution in [0, 0.1) is 6.92 Å². The van der Waals surface area contributed by atoms with E-state index < -0.39 is 11.5 Å². The topological polar surface area (TPSA) is 88.8 Å². The van der Waals surface area contributed by atoms with Crippen molar-refractivity contribution in [1.29, 1.82) is 0 Å². The molecule has 0 atom stereocenters. The summed E-state index contributed by atoms with van der Waals surface area (Å²) in [5.41, 5.74) is 2.72. The second-order valence-corrected chi connectivity index (χ2v) is 4.44. The molecule has 0 aliphatic carbocycles. The average Bonchev–Trinajstić information content (AvgIpc) is 2.44. The van der Waals surface area contributed by atoms with Crippen LogP contribution in [0.15, 0.2) is 27.4 Å². The maximum Gasteiger partial charge on any atom is 0.343 e. The molecule has 0 unspecified atom stereocenters. The van der Waals surface area contributed by atoms with E-state index >= 15 is 0 Å². The number of methoxy groups -OCH3 is 1. The normalized spacial score (nSPS) is 10.6. The summed E-state index contributed by atoms with van der Waals surface area (Å²) in [6.45, 7) is 1.92. The molecule has 6 nitrogen and oxygen atoms in total. The number of rotatable bonds is 4. The van der Waals surface area contributed by atoms with Crippen LogP contribution in [0.4, 0.5) is 0 Å². The molecule has 2 N–H and O–H groups in total. The van der Waals surface area contributed by atoms with Gasteiger partial charge in [0.1, 0.15) is 11.3 Å². The third-order valence-corrected chi connectivity index (χ3v) is 3.03. The van der Waals surface area contributed by atoms with E-state index in [2.05, 4.69) is 0 Å². The lowest BCUT2D eigenvalue weighted by Gasteiger charge is -2.10. The summed E-state index contributed by atoms with van der Waals surface area (Å²) in [5, 5.41) is 9.17. The van der Waals surface area contributed by atoms with E-state index in [9.17, 15) is 9.59 Å². The number of aryl methyl sites for hydroxylation is 1. The molecule has 0 spiro atoms. The Morgan fingerprint density at radius 2 is 2.20 bits per heavy atom. The van der Waals surface area contributed by atoms with Crippen LogP contribution in [0.5, 0.6) is 5.75 Å². The molecule has 1 aromatic heterocycles. The van der Waals surface area contributed by atoms with E-state index in [0.717, 1.165) is 5.56 Å². The van der Waals surface area contributed by atoms with Crippen LogP contribution in [-0.4, -0.2) is 18.2 Å². The Balaban J connectivity index is 2.55. The minimum atomic E-state index is -0.573. The summed E-state index contributed by atoms with van der Waals surface area (Å²) in [5.74, 6) is -0.165. The van der Waals surface area contributed by atoms with Crippen molar-refractivity contribution in [2.45, 2.75) is 19.8 Å². The number of benzene rings is 1. The van der Waals surface area contributed by atoms with Crippen molar-refractivity contribution < 1.29 is 19.2 Å². The van der Waals surface area contributed by atoms with Gasteiger partial charge in [-0.15, -0.1) is 0 Å². The molecule has 2 aromatic rings. The maximum absolute atomic E-state index is 12.0. The first-order chi connectivity index (χ1) is 9.56. The quantitative estimate of drug-likeness (QED) is 0.503. The van der Waals surface area contributed by atoms with Crippen LogP contribution in [0.2, 0.25) is 0 Å². The van der Waals surface area contributed by atoms with Gasteiger partial charge in [-0.2, -0.15) is 0 Å². The zero-order valence-corrected chi connectivity index (χ0v) is 11.2. The Morgan fingerprint density at radius 1 is 1.45 bits per heavy atom. The summed E-state index contributed by atoms with van der Waals surface area (Å²) in [4.78, 5) is 23.0. The van der Waals surface area contributed by atoms with Crippen molar-refractivity contribution in [2.75, 3.05) is 7.11 Å².